The van der Waals surface area contributed by atoms with Crippen LogP contribution < -0.4 is 5.73 Å². The lowest BCUT2D eigenvalue weighted by Gasteiger charge is -2.14. The van der Waals surface area contributed by atoms with E-state index < -0.39 is 8.03 Å². The van der Waals surface area contributed by atoms with Gasteiger partial charge in [-0.2, -0.15) is 0 Å². The van der Waals surface area contributed by atoms with Crippen molar-refractivity contribution in [2.75, 3.05) is 0 Å². The molecule has 0 aromatic rings. The first kappa shape index (κ1) is 11.0. The van der Waals surface area contributed by atoms with E-state index in [2.05, 4.69) is 0 Å². The van der Waals surface area contributed by atoms with Crippen LogP contribution in [0.5, 0.6) is 0 Å². The molecule has 0 aromatic carbocycles. The topological polar surface area (TPSA) is 63.3 Å². The largest absolute Gasteiger partial charge is 0.346 e. The summed E-state index contributed by atoms with van der Waals surface area (Å²) in [7, 11) is -2.42. The molecule has 76 valence electrons. The van der Waals surface area contributed by atoms with Gasteiger partial charge in [0.1, 0.15) is 0 Å². The van der Waals surface area contributed by atoms with Gasteiger partial charge >= 0.3 is 0 Å². The van der Waals surface area contributed by atoms with E-state index >= 15 is 0 Å². The van der Waals surface area contributed by atoms with Crippen LogP contribution in [0.25, 0.3) is 0 Å². The predicted molar refractivity (Wildman–Crippen MR) is 55.2 cm³/mol. The number of hydrogen-bond acceptors (Lipinski definition) is 2. The Morgan fingerprint density at radius 1 is 1.85 bits per heavy atom. The second-order valence-corrected chi connectivity index (χ2v) is 5.03. The highest BCUT2D eigenvalue weighted by Gasteiger charge is 2.23. The summed E-state index contributed by atoms with van der Waals surface area (Å²) in [4.78, 5) is 9.15. The molecule has 0 amide bonds. The summed E-state index contributed by atoms with van der Waals surface area (Å²) >= 11 is 0. The molecular formula is C9H18NO2P. The molecule has 0 saturated carbocycles. The Kier molecular flexibility index (Phi) is 4.17. The number of nitrogens with two attached hydrogens (primary N) is 1. The third kappa shape index (κ3) is 2.94. The number of hydrogen-bond donors (Lipinski definition) is 2. The summed E-state index contributed by atoms with van der Waals surface area (Å²) in [6.45, 7) is 2.03. The molecule has 3 nitrogen and oxygen atoms in total. The van der Waals surface area contributed by atoms with Gasteiger partial charge < -0.3 is 10.6 Å². The minimum absolute atomic E-state index is 0.108. The molecule has 3 atom stereocenters. The van der Waals surface area contributed by atoms with E-state index in [1.54, 1.807) is 0 Å². The zero-order valence-electron chi connectivity index (χ0n) is 7.99. The van der Waals surface area contributed by atoms with Gasteiger partial charge in [0.05, 0.1) is 5.66 Å². The Balaban J connectivity index is 2.60. The minimum atomic E-state index is -2.42. The normalized spacial score (nSPS) is 27.0. The minimum Gasteiger partial charge on any atom is -0.346 e. The zero-order chi connectivity index (χ0) is 9.84. The van der Waals surface area contributed by atoms with E-state index in [4.69, 9.17) is 10.6 Å². The van der Waals surface area contributed by atoms with Crippen molar-refractivity contribution in [3.05, 3.63) is 11.6 Å². The smallest absolute Gasteiger partial charge is 0.196 e. The standard InChI is InChI=1S/C9H18NO2P/c1-2-3-9(13(11)12)7-4-5-8(10)6-7/h4,8-9,13H,2-3,5-6,10H2,1H3,(H,11,12). The SMILES string of the molecule is CCCC(C1=CCC(N)C1)[P@@H](=O)O. The van der Waals surface area contributed by atoms with Gasteiger partial charge in [-0.1, -0.05) is 25.0 Å². The lowest BCUT2D eigenvalue weighted by molar-refractivity contribution is 0.488. The van der Waals surface area contributed by atoms with Gasteiger partial charge in [-0.25, -0.2) is 0 Å². The summed E-state index contributed by atoms with van der Waals surface area (Å²) in [5, 5.41) is 0. The third-order valence-corrected chi connectivity index (χ3v) is 3.76. The van der Waals surface area contributed by atoms with E-state index in [0.717, 1.165) is 31.3 Å². The summed E-state index contributed by atoms with van der Waals surface area (Å²) in [5.41, 5.74) is 6.74. The van der Waals surface area contributed by atoms with Gasteiger partial charge in [-0.05, 0) is 19.3 Å². The molecule has 4 heteroatoms. The predicted octanol–water partition coefficient (Wildman–Crippen LogP) is 1.67. The molecule has 0 bridgehead atoms. The molecule has 0 aliphatic heterocycles. The maximum Gasteiger partial charge on any atom is 0.196 e. The molecule has 3 N–H and O–H groups in total. The van der Waals surface area contributed by atoms with Crippen LogP contribution in [0.15, 0.2) is 11.6 Å². The van der Waals surface area contributed by atoms with E-state index in [9.17, 15) is 4.57 Å². The van der Waals surface area contributed by atoms with Crippen LogP contribution in [0.4, 0.5) is 0 Å². The molecule has 13 heavy (non-hydrogen) atoms. The lowest BCUT2D eigenvalue weighted by Crippen LogP contribution is -2.17. The fourth-order valence-electron chi connectivity index (χ4n) is 1.81. The van der Waals surface area contributed by atoms with Crippen molar-refractivity contribution in [3.8, 4) is 0 Å². The van der Waals surface area contributed by atoms with Crippen LogP contribution >= 0.6 is 8.03 Å². The fraction of sp³-hybridized carbons (Fsp3) is 0.778. The average Bonchev–Trinajstić information content (AvgIpc) is 2.46. The Labute approximate surface area is 79.9 Å². The Morgan fingerprint density at radius 2 is 2.54 bits per heavy atom. The summed E-state index contributed by atoms with van der Waals surface area (Å²) in [6, 6.07) is 0.177. The molecule has 0 radical (unpaired) electrons. The first-order valence-corrected chi connectivity index (χ1v) is 6.25. The van der Waals surface area contributed by atoms with Crippen LogP contribution in [-0.2, 0) is 4.57 Å². The van der Waals surface area contributed by atoms with Gasteiger partial charge in [0.15, 0.2) is 8.03 Å². The summed E-state index contributed by atoms with van der Waals surface area (Å²) in [6.07, 6.45) is 5.48. The zero-order valence-corrected chi connectivity index (χ0v) is 8.99. The van der Waals surface area contributed by atoms with Gasteiger partial charge in [-0.3, -0.25) is 4.57 Å². The van der Waals surface area contributed by atoms with E-state index in [0.29, 0.717) is 0 Å². The molecule has 0 heterocycles. The summed E-state index contributed by atoms with van der Waals surface area (Å²) in [5.74, 6) is 0. The number of rotatable bonds is 4. The maximum atomic E-state index is 11.1. The Morgan fingerprint density at radius 3 is 2.92 bits per heavy atom. The Hall–Kier alpha value is -0.110. The highest BCUT2D eigenvalue weighted by atomic mass is 31.1. The average molecular weight is 203 g/mol. The van der Waals surface area contributed by atoms with Gasteiger partial charge in [0.2, 0.25) is 0 Å². The molecule has 1 aliphatic rings. The van der Waals surface area contributed by atoms with E-state index in [1.807, 2.05) is 13.0 Å². The quantitative estimate of drug-likeness (QED) is 0.539. The fourth-order valence-corrected chi connectivity index (χ4v) is 2.90. The van der Waals surface area contributed by atoms with E-state index in [1.165, 1.54) is 0 Å². The van der Waals surface area contributed by atoms with E-state index in [-0.39, 0.29) is 11.7 Å². The van der Waals surface area contributed by atoms with Crippen LogP contribution in [-0.4, -0.2) is 16.6 Å². The Bertz CT molecular complexity index is 228. The van der Waals surface area contributed by atoms with Crippen molar-refractivity contribution in [2.45, 2.75) is 44.3 Å². The molecule has 0 aromatic heterocycles. The molecule has 2 unspecified atom stereocenters. The van der Waals surface area contributed by atoms with Crippen LogP contribution in [0.2, 0.25) is 0 Å². The van der Waals surface area contributed by atoms with Crippen LogP contribution in [0.3, 0.4) is 0 Å². The maximum absolute atomic E-state index is 11.1. The van der Waals surface area contributed by atoms with Crippen molar-refractivity contribution in [2.24, 2.45) is 5.73 Å². The molecule has 0 saturated heterocycles. The van der Waals surface area contributed by atoms with Crippen molar-refractivity contribution < 1.29 is 9.46 Å². The molecule has 1 aliphatic carbocycles. The first-order chi connectivity index (χ1) is 6.15. The third-order valence-electron chi connectivity index (χ3n) is 2.50. The van der Waals surface area contributed by atoms with Crippen molar-refractivity contribution in [1.29, 1.82) is 0 Å². The monoisotopic (exact) mass is 203 g/mol. The molecule has 1 rings (SSSR count). The molecule has 0 spiro atoms. The molecular weight excluding hydrogens is 185 g/mol. The second kappa shape index (κ2) is 4.94. The van der Waals surface area contributed by atoms with Gasteiger partial charge in [0, 0.05) is 6.04 Å². The van der Waals surface area contributed by atoms with Crippen molar-refractivity contribution in [3.63, 3.8) is 0 Å². The second-order valence-electron chi connectivity index (χ2n) is 3.66. The van der Waals surface area contributed by atoms with Crippen LogP contribution in [0.1, 0.15) is 32.6 Å². The molecule has 0 fully saturated rings. The first-order valence-electron chi connectivity index (χ1n) is 4.82. The van der Waals surface area contributed by atoms with Crippen LogP contribution in [0, 0.1) is 0 Å². The highest BCUT2D eigenvalue weighted by Crippen LogP contribution is 2.37. The highest BCUT2D eigenvalue weighted by molar-refractivity contribution is 7.39. The lowest BCUT2D eigenvalue weighted by atomic mass is 10.1. The van der Waals surface area contributed by atoms with Gasteiger partial charge in [0.25, 0.3) is 0 Å². The van der Waals surface area contributed by atoms with Crippen molar-refractivity contribution in [1.82, 2.24) is 0 Å². The van der Waals surface area contributed by atoms with Gasteiger partial charge in [-0.15, -0.1) is 0 Å². The summed E-state index contributed by atoms with van der Waals surface area (Å²) < 4.78 is 11.1. The van der Waals surface area contributed by atoms with Crippen molar-refractivity contribution >= 4 is 8.03 Å².